The third-order valence-electron chi connectivity index (χ3n) is 3.55. The van der Waals surface area contributed by atoms with Gasteiger partial charge in [0.15, 0.2) is 0 Å². The van der Waals surface area contributed by atoms with Crippen LogP contribution in [0.5, 0.6) is 0 Å². The van der Waals surface area contributed by atoms with Crippen LogP contribution in [0, 0.1) is 5.92 Å². The minimum Gasteiger partial charge on any atom is -0.444 e. The van der Waals surface area contributed by atoms with Crippen molar-refractivity contribution in [2.45, 2.75) is 65.1 Å². The van der Waals surface area contributed by atoms with Crippen LogP contribution in [0.4, 0.5) is 4.79 Å². The molecular weight excluding hydrogens is 258 g/mol. The fourth-order valence-corrected chi connectivity index (χ4v) is 2.46. The van der Waals surface area contributed by atoms with Gasteiger partial charge >= 0.3 is 6.09 Å². The lowest BCUT2D eigenvalue weighted by Gasteiger charge is -2.34. The van der Waals surface area contributed by atoms with Crippen LogP contribution in [-0.4, -0.2) is 42.9 Å². The number of carbonyl (C=O) groups is 1. The second-order valence-corrected chi connectivity index (χ2v) is 6.44. The highest BCUT2D eigenvalue weighted by molar-refractivity contribution is 5.68. The second kappa shape index (κ2) is 7.84. The third-order valence-corrected chi connectivity index (χ3v) is 3.55. The molecule has 1 fully saturated rings. The molecule has 0 radical (unpaired) electrons. The van der Waals surface area contributed by atoms with Gasteiger partial charge in [-0.15, -0.1) is 0 Å². The van der Waals surface area contributed by atoms with Crippen LogP contribution in [0.25, 0.3) is 0 Å². The maximum absolute atomic E-state index is 12.0. The quantitative estimate of drug-likeness (QED) is 0.574. The van der Waals surface area contributed by atoms with Gasteiger partial charge in [-0.25, -0.2) is 14.6 Å². The van der Waals surface area contributed by atoms with Crippen molar-refractivity contribution >= 4 is 6.09 Å². The largest absolute Gasteiger partial charge is 0.444 e. The van der Waals surface area contributed by atoms with E-state index in [2.05, 4.69) is 6.92 Å². The monoisotopic (exact) mass is 287 g/mol. The molecule has 0 aromatic rings. The molecule has 1 aliphatic heterocycles. The SMILES string of the molecule is CC[C@@H](CC1CCN(C(=O)OC(C)(C)C)CC1)OOC. The van der Waals surface area contributed by atoms with Gasteiger partial charge in [-0.2, -0.15) is 0 Å². The summed E-state index contributed by atoms with van der Waals surface area (Å²) in [5, 5.41) is 0. The number of ether oxygens (including phenoxy) is 1. The number of rotatable bonds is 5. The Hall–Kier alpha value is -0.810. The van der Waals surface area contributed by atoms with E-state index in [0.29, 0.717) is 5.92 Å². The predicted octanol–water partition coefficient (Wildman–Crippen LogP) is 3.38. The van der Waals surface area contributed by atoms with Crippen molar-refractivity contribution < 1.29 is 19.3 Å². The standard InChI is InChI=1S/C15H29NO4/c1-6-13(20-18-5)11-12-7-9-16(10-8-12)14(17)19-15(2,3)4/h12-13H,6-11H2,1-5H3/t13-/m0/s1. The molecule has 1 atom stereocenters. The molecule has 0 aromatic heterocycles. The topological polar surface area (TPSA) is 48.0 Å². The average Bonchev–Trinajstić information content (AvgIpc) is 2.37. The summed E-state index contributed by atoms with van der Waals surface area (Å²) in [5.74, 6) is 0.591. The van der Waals surface area contributed by atoms with Crippen molar-refractivity contribution in [2.75, 3.05) is 20.2 Å². The number of nitrogens with zero attached hydrogens (tertiary/aromatic N) is 1. The Morgan fingerprint density at radius 3 is 2.35 bits per heavy atom. The third kappa shape index (κ3) is 6.09. The molecule has 1 amide bonds. The number of likely N-dealkylation sites (tertiary alicyclic amines) is 1. The zero-order chi connectivity index (χ0) is 15.2. The number of hydrogen-bond acceptors (Lipinski definition) is 4. The molecule has 0 spiro atoms. The molecule has 0 saturated carbocycles. The maximum atomic E-state index is 12.0. The van der Waals surface area contributed by atoms with Crippen LogP contribution in [0.15, 0.2) is 0 Å². The highest BCUT2D eigenvalue weighted by atomic mass is 17.2. The van der Waals surface area contributed by atoms with Gasteiger partial charge in [0.25, 0.3) is 0 Å². The lowest BCUT2D eigenvalue weighted by molar-refractivity contribution is -0.308. The van der Waals surface area contributed by atoms with Gasteiger partial charge in [-0.3, -0.25) is 0 Å². The minimum atomic E-state index is -0.423. The summed E-state index contributed by atoms with van der Waals surface area (Å²) < 4.78 is 5.40. The molecule has 1 heterocycles. The van der Waals surface area contributed by atoms with Crippen molar-refractivity contribution in [3.8, 4) is 0 Å². The van der Waals surface area contributed by atoms with Gasteiger partial charge < -0.3 is 9.64 Å². The molecule has 0 unspecified atom stereocenters. The van der Waals surface area contributed by atoms with Gasteiger partial charge in [-0.1, -0.05) is 6.92 Å². The Bertz CT molecular complexity index is 293. The van der Waals surface area contributed by atoms with E-state index in [1.54, 1.807) is 12.0 Å². The first-order valence-corrected chi connectivity index (χ1v) is 7.53. The minimum absolute atomic E-state index is 0.151. The van der Waals surface area contributed by atoms with Gasteiger partial charge in [0.05, 0.1) is 13.2 Å². The van der Waals surface area contributed by atoms with Crippen LogP contribution in [0.2, 0.25) is 0 Å². The predicted molar refractivity (Wildman–Crippen MR) is 77.3 cm³/mol. The van der Waals surface area contributed by atoms with Crippen molar-refractivity contribution in [2.24, 2.45) is 5.92 Å². The fraction of sp³-hybridized carbons (Fsp3) is 0.933. The van der Waals surface area contributed by atoms with Crippen LogP contribution >= 0.6 is 0 Å². The Labute approximate surface area is 122 Å². The van der Waals surface area contributed by atoms with Gasteiger partial charge in [0.2, 0.25) is 0 Å². The number of carbonyl (C=O) groups excluding carboxylic acids is 1. The molecule has 0 bridgehead atoms. The molecule has 1 rings (SSSR count). The first-order chi connectivity index (χ1) is 9.35. The van der Waals surface area contributed by atoms with Crippen molar-refractivity contribution in [1.82, 2.24) is 4.90 Å². The second-order valence-electron chi connectivity index (χ2n) is 6.44. The molecule has 1 aliphatic rings. The van der Waals surface area contributed by atoms with Gasteiger partial charge in [-0.05, 0) is 52.4 Å². The van der Waals surface area contributed by atoms with Crippen molar-refractivity contribution in [3.05, 3.63) is 0 Å². The lowest BCUT2D eigenvalue weighted by Crippen LogP contribution is -2.42. The molecule has 118 valence electrons. The number of amides is 1. The van der Waals surface area contributed by atoms with E-state index >= 15 is 0 Å². The number of hydrogen-bond donors (Lipinski definition) is 0. The van der Waals surface area contributed by atoms with Crippen LogP contribution in [0.3, 0.4) is 0 Å². The Balaban J connectivity index is 2.34. The summed E-state index contributed by atoms with van der Waals surface area (Å²) in [4.78, 5) is 23.8. The van der Waals surface area contributed by atoms with Crippen LogP contribution in [-0.2, 0) is 14.5 Å². The maximum Gasteiger partial charge on any atom is 0.410 e. The van der Waals surface area contributed by atoms with Crippen molar-refractivity contribution in [3.63, 3.8) is 0 Å². The highest BCUT2D eigenvalue weighted by Crippen LogP contribution is 2.25. The van der Waals surface area contributed by atoms with E-state index in [-0.39, 0.29) is 12.2 Å². The zero-order valence-corrected chi connectivity index (χ0v) is 13.5. The summed E-state index contributed by atoms with van der Waals surface area (Å²) in [5.41, 5.74) is -0.423. The number of piperidine rings is 1. The highest BCUT2D eigenvalue weighted by Gasteiger charge is 2.28. The summed E-state index contributed by atoms with van der Waals surface area (Å²) >= 11 is 0. The van der Waals surface area contributed by atoms with E-state index in [1.165, 1.54) is 0 Å². The first kappa shape index (κ1) is 17.2. The Morgan fingerprint density at radius 1 is 1.30 bits per heavy atom. The summed E-state index contributed by atoms with van der Waals surface area (Å²) in [6.45, 7) is 9.31. The first-order valence-electron chi connectivity index (χ1n) is 7.53. The lowest BCUT2D eigenvalue weighted by atomic mass is 9.90. The van der Waals surface area contributed by atoms with Crippen LogP contribution in [0.1, 0.15) is 53.4 Å². The van der Waals surface area contributed by atoms with Gasteiger partial charge in [0, 0.05) is 13.1 Å². The van der Waals surface area contributed by atoms with E-state index in [1.807, 2.05) is 20.8 Å². The van der Waals surface area contributed by atoms with Crippen molar-refractivity contribution in [1.29, 1.82) is 0 Å². The van der Waals surface area contributed by atoms with Gasteiger partial charge in [0.1, 0.15) is 5.60 Å². The Kier molecular flexibility index (Phi) is 6.76. The molecule has 5 heteroatoms. The molecular formula is C15H29NO4. The molecule has 0 aliphatic carbocycles. The summed E-state index contributed by atoms with van der Waals surface area (Å²) in [6.07, 6.45) is 3.90. The smallest absolute Gasteiger partial charge is 0.410 e. The molecule has 20 heavy (non-hydrogen) atoms. The van der Waals surface area contributed by atoms with E-state index < -0.39 is 5.60 Å². The molecule has 0 aromatic carbocycles. The zero-order valence-electron chi connectivity index (χ0n) is 13.5. The molecule has 5 nitrogen and oxygen atoms in total. The normalized spacial score (nSPS) is 18.9. The summed E-state index contributed by atoms with van der Waals surface area (Å²) in [6, 6.07) is 0. The molecule has 0 N–H and O–H groups in total. The Morgan fingerprint density at radius 2 is 1.90 bits per heavy atom. The average molecular weight is 287 g/mol. The summed E-state index contributed by atoms with van der Waals surface area (Å²) in [7, 11) is 1.55. The van der Waals surface area contributed by atoms with E-state index in [4.69, 9.17) is 14.5 Å². The van der Waals surface area contributed by atoms with E-state index in [9.17, 15) is 4.79 Å². The molecule has 1 saturated heterocycles. The van der Waals surface area contributed by atoms with Crippen LogP contribution < -0.4 is 0 Å². The van der Waals surface area contributed by atoms with E-state index in [0.717, 1.165) is 38.8 Å². The fourth-order valence-electron chi connectivity index (χ4n) is 2.46.